The molecule has 0 bridgehead atoms. The highest BCUT2D eigenvalue weighted by molar-refractivity contribution is 9.10. The minimum atomic E-state index is -0.283. The van der Waals surface area contributed by atoms with E-state index in [0.29, 0.717) is 26.4 Å². The maximum atomic E-state index is 5.62. The Bertz CT molecular complexity index is 366. The smallest absolute Gasteiger partial charge is 0.169 e. The first-order valence-electron chi connectivity index (χ1n) is 6.06. The van der Waals surface area contributed by atoms with E-state index in [1.54, 1.807) is 0 Å². The molecule has 2 aliphatic rings. The van der Waals surface area contributed by atoms with Crippen molar-refractivity contribution in [3.05, 3.63) is 34.3 Å². The van der Waals surface area contributed by atoms with E-state index in [1.807, 2.05) is 24.3 Å². The molecule has 1 aromatic carbocycles. The monoisotopic (exact) mass is 314 g/mol. The van der Waals surface area contributed by atoms with Crippen molar-refractivity contribution in [1.29, 1.82) is 0 Å². The van der Waals surface area contributed by atoms with E-state index in [1.165, 1.54) is 0 Å². The summed E-state index contributed by atoms with van der Waals surface area (Å²) in [7, 11) is 0. The van der Waals surface area contributed by atoms with Crippen molar-refractivity contribution in [2.24, 2.45) is 0 Å². The van der Waals surface area contributed by atoms with Gasteiger partial charge in [-0.1, -0.05) is 28.1 Å². The van der Waals surface area contributed by atoms with Crippen LogP contribution in [0.2, 0.25) is 0 Å². The molecule has 0 unspecified atom stereocenters. The average molecular weight is 315 g/mol. The van der Waals surface area contributed by atoms with Crippen LogP contribution in [-0.4, -0.2) is 39.0 Å². The topological polar surface area (TPSA) is 36.9 Å². The van der Waals surface area contributed by atoms with Crippen LogP contribution in [0.25, 0.3) is 0 Å². The number of halogens is 1. The third-order valence-corrected chi connectivity index (χ3v) is 3.67. The molecule has 5 heteroatoms. The second-order valence-corrected chi connectivity index (χ2v) is 5.21. The normalized spacial score (nSPS) is 22.1. The van der Waals surface area contributed by atoms with Gasteiger partial charge in [0.05, 0.1) is 32.3 Å². The molecule has 98 valence electrons. The molecule has 0 saturated carbocycles. The largest absolute Gasteiger partial charge is 0.349 e. The fraction of sp³-hybridized carbons (Fsp3) is 0.538. The molecule has 2 heterocycles. The van der Waals surface area contributed by atoms with E-state index >= 15 is 0 Å². The maximum Gasteiger partial charge on any atom is 0.169 e. The van der Waals surface area contributed by atoms with E-state index in [-0.39, 0.29) is 18.5 Å². The van der Waals surface area contributed by atoms with Crippen molar-refractivity contribution in [3.63, 3.8) is 0 Å². The van der Waals surface area contributed by atoms with E-state index in [2.05, 4.69) is 15.9 Å². The Morgan fingerprint density at radius 3 is 1.72 bits per heavy atom. The zero-order chi connectivity index (χ0) is 12.4. The SMILES string of the molecule is Brc1ccc(C(C2OCCO2)C2OCCO2)cc1. The molecule has 0 amide bonds. The molecule has 2 aliphatic heterocycles. The molecule has 2 saturated heterocycles. The number of benzene rings is 1. The van der Waals surface area contributed by atoms with Crippen molar-refractivity contribution in [2.75, 3.05) is 26.4 Å². The van der Waals surface area contributed by atoms with Gasteiger partial charge in [0.15, 0.2) is 12.6 Å². The number of hydrogen-bond acceptors (Lipinski definition) is 4. The molecule has 1 aromatic rings. The lowest BCUT2D eigenvalue weighted by atomic mass is 9.98. The summed E-state index contributed by atoms with van der Waals surface area (Å²) in [4.78, 5) is 0. The quantitative estimate of drug-likeness (QED) is 0.857. The molecule has 18 heavy (non-hydrogen) atoms. The van der Waals surface area contributed by atoms with Gasteiger partial charge in [0.1, 0.15) is 0 Å². The highest BCUT2D eigenvalue weighted by Crippen LogP contribution is 2.33. The zero-order valence-electron chi connectivity index (χ0n) is 9.88. The molecule has 0 aliphatic carbocycles. The van der Waals surface area contributed by atoms with Crippen LogP contribution in [0.15, 0.2) is 28.7 Å². The first-order valence-corrected chi connectivity index (χ1v) is 6.86. The maximum absolute atomic E-state index is 5.62. The predicted octanol–water partition coefficient (Wildman–Crippen LogP) is 2.28. The van der Waals surface area contributed by atoms with Crippen LogP contribution in [0.1, 0.15) is 11.5 Å². The van der Waals surface area contributed by atoms with Crippen LogP contribution in [-0.2, 0) is 18.9 Å². The highest BCUT2D eigenvalue weighted by Gasteiger charge is 2.38. The number of ether oxygens (including phenoxy) is 4. The van der Waals surface area contributed by atoms with Crippen molar-refractivity contribution in [3.8, 4) is 0 Å². The summed E-state index contributed by atoms with van der Waals surface area (Å²) in [6.07, 6.45) is -0.566. The summed E-state index contributed by atoms with van der Waals surface area (Å²) >= 11 is 3.44. The summed E-state index contributed by atoms with van der Waals surface area (Å²) in [5.74, 6) is -0.0388. The molecule has 0 N–H and O–H groups in total. The lowest BCUT2D eigenvalue weighted by Gasteiger charge is -2.26. The summed E-state index contributed by atoms with van der Waals surface area (Å²) in [5.41, 5.74) is 1.11. The summed E-state index contributed by atoms with van der Waals surface area (Å²) in [5, 5.41) is 0. The molecule has 4 nitrogen and oxygen atoms in total. The van der Waals surface area contributed by atoms with Crippen molar-refractivity contribution >= 4 is 15.9 Å². The van der Waals surface area contributed by atoms with Gasteiger partial charge in [-0.3, -0.25) is 0 Å². The van der Waals surface area contributed by atoms with Gasteiger partial charge < -0.3 is 18.9 Å². The second kappa shape index (κ2) is 5.67. The Morgan fingerprint density at radius 1 is 0.833 bits per heavy atom. The Labute approximate surface area is 114 Å². The van der Waals surface area contributed by atoms with Crippen LogP contribution < -0.4 is 0 Å². The number of hydrogen-bond donors (Lipinski definition) is 0. The molecule has 0 atom stereocenters. The predicted molar refractivity (Wildman–Crippen MR) is 68.3 cm³/mol. The Morgan fingerprint density at radius 2 is 1.28 bits per heavy atom. The van der Waals surface area contributed by atoms with Crippen LogP contribution in [0.3, 0.4) is 0 Å². The van der Waals surface area contributed by atoms with Crippen LogP contribution in [0, 0.1) is 0 Å². The molecule has 2 fully saturated rings. The highest BCUT2D eigenvalue weighted by atomic mass is 79.9. The molecule has 0 radical (unpaired) electrons. The van der Waals surface area contributed by atoms with Gasteiger partial charge in [-0.05, 0) is 17.7 Å². The summed E-state index contributed by atoms with van der Waals surface area (Å²) in [6.45, 7) is 2.52. The standard InChI is InChI=1S/C13H15BrO4/c14-10-3-1-9(2-4-10)11(12-15-5-6-16-12)13-17-7-8-18-13/h1-4,11-13H,5-8H2. The van der Waals surface area contributed by atoms with Gasteiger partial charge in [0.2, 0.25) is 0 Å². The van der Waals surface area contributed by atoms with E-state index < -0.39 is 0 Å². The average Bonchev–Trinajstić information content (AvgIpc) is 3.06. The molecule has 3 rings (SSSR count). The Kier molecular flexibility index (Phi) is 3.96. The molecule has 0 aromatic heterocycles. The molecular formula is C13H15BrO4. The molecule has 0 spiro atoms. The second-order valence-electron chi connectivity index (χ2n) is 4.30. The van der Waals surface area contributed by atoms with Crippen molar-refractivity contribution in [2.45, 2.75) is 18.5 Å². The Balaban J connectivity index is 1.85. The van der Waals surface area contributed by atoms with E-state index in [0.717, 1.165) is 10.0 Å². The van der Waals surface area contributed by atoms with Gasteiger partial charge in [-0.15, -0.1) is 0 Å². The zero-order valence-corrected chi connectivity index (χ0v) is 11.5. The number of rotatable bonds is 3. The van der Waals surface area contributed by atoms with Crippen LogP contribution >= 0.6 is 15.9 Å². The van der Waals surface area contributed by atoms with Crippen LogP contribution in [0.4, 0.5) is 0 Å². The van der Waals surface area contributed by atoms with Gasteiger partial charge in [-0.25, -0.2) is 0 Å². The van der Waals surface area contributed by atoms with Gasteiger partial charge in [0.25, 0.3) is 0 Å². The van der Waals surface area contributed by atoms with Gasteiger partial charge >= 0.3 is 0 Å². The third-order valence-electron chi connectivity index (χ3n) is 3.14. The summed E-state index contributed by atoms with van der Waals surface area (Å²) < 4.78 is 23.5. The fourth-order valence-electron chi connectivity index (χ4n) is 2.30. The van der Waals surface area contributed by atoms with Crippen molar-refractivity contribution < 1.29 is 18.9 Å². The minimum Gasteiger partial charge on any atom is -0.349 e. The molecular weight excluding hydrogens is 300 g/mol. The first kappa shape index (κ1) is 12.6. The van der Waals surface area contributed by atoms with Gasteiger partial charge in [-0.2, -0.15) is 0 Å². The third kappa shape index (κ3) is 2.60. The first-order chi connectivity index (χ1) is 8.84. The van der Waals surface area contributed by atoms with E-state index in [9.17, 15) is 0 Å². The van der Waals surface area contributed by atoms with Gasteiger partial charge in [0, 0.05) is 4.47 Å². The summed E-state index contributed by atoms with van der Waals surface area (Å²) in [6, 6.07) is 8.11. The lowest BCUT2D eigenvalue weighted by molar-refractivity contribution is -0.145. The Hall–Kier alpha value is -0.460. The van der Waals surface area contributed by atoms with E-state index in [4.69, 9.17) is 18.9 Å². The van der Waals surface area contributed by atoms with Crippen molar-refractivity contribution in [1.82, 2.24) is 0 Å². The lowest BCUT2D eigenvalue weighted by Crippen LogP contribution is -2.31. The fourth-order valence-corrected chi connectivity index (χ4v) is 2.56. The minimum absolute atomic E-state index is 0.0388. The van der Waals surface area contributed by atoms with Crippen LogP contribution in [0.5, 0.6) is 0 Å².